The second kappa shape index (κ2) is 10.8. The van der Waals surface area contributed by atoms with Crippen molar-refractivity contribution in [3.8, 4) is 5.75 Å². The van der Waals surface area contributed by atoms with Gasteiger partial charge in [0, 0.05) is 18.5 Å². The van der Waals surface area contributed by atoms with E-state index in [1.54, 1.807) is 29.7 Å². The first-order valence-corrected chi connectivity index (χ1v) is 12.2. The standard InChI is InChI=1S/C25H31N3O3S/c1-19(2)21-8-3-4-9-22(21)31-17-24-26-20(18-32-24)16-28(14-13-27-11-5-6-12-27)25(29)23-10-7-15-30-23/h3-4,7-10,15,18-19H,5-6,11-14,16-17H2,1-2H3. The Balaban J connectivity index is 1.39. The molecule has 3 heterocycles. The van der Waals surface area contributed by atoms with Crippen LogP contribution in [0.2, 0.25) is 0 Å². The molecule has 0 bridgehead atoms. The minimum absolute atomic E-state index is 0.0918. The van der Waals surface area contributed by atoms with E-state index in [9.17, 15) is 4.79 Å². The number of likely N-dealkylation sites (tertiary alicyclic amines) is 1. The Bertz CT molecular complexity index is 994. The SMILES string of the molecule is CC(C)c1ccccc1OCc1nc(CN(CCN2CCCC2)C(=O)c2ccco2)cs1. The molecule has 7 heteroatoms. The molecule has 170 valence electrons. The molecule has 0 spiro atoms. The van der Waals surface area contributed by atoms with Crippen molar-refractivity contribution in [1.82, 2.24) is 14.8 Å². The van der Waals surface area contributed by atoms with Gasteiger partial charge in [0.2, 0.25) is 0 Å². The van der Waals surface area contributed by atoms with Crippen molar-refractivity contribution in [2.45, 2.75) is 45.8 Å². The molecule has 1 aromatic carbocycles. The zero-order valence-electron chi connectivity index (χ0n) is 18.8. The highest BCUT2D eigenvalue weighted by Gasteiger charge is 2.21. The zero-order valence-corrected chi connectivity index (χ0v) is 19.6. The maximum atomic E-state index is 13.0. The fraction of sp³-hybridized carbons (Fsp3) is 0.440. The van der Waals surface area contributed by atoms with Crippen molar-refractivity contribution in [2.24, 2.45) is 0 Å². The Morgan fingerprint density at radius 1 is 1.22 bits per heavy atom. The van der Waals surface area contributed by atoms with Crippen LogP contribution in [-0.2, 0) is 13.2 Å². The van der Waals surface area contributed by atoms with E-state index in [-0.39, 0.29) is 5.91 Å². The Hall–Kier alpha value is -2.64. The number of aromatic nitrogens is 1. The van der Waals surface area contributed by atoms with Gasteiger partial charge < -0.3 is 19.0 Å². The fourth-order valence-electron chi connectivity index (χ4n) is 3.99. The van der Waals surface area contributed by atoms with E-state index in [4.69, 9.17) is 14.1 Å². The second-order valence-corrected chi connectivity index (χ2v) is 9.41. The van der Waals surface area contributed by atoms with Crippen LogP contribution in [-0.4, -0.2) is 46.9 Å². The molecule has 0 saturated carbocycles. The van der Waals surface area contributed by atoms with Crippen molar-refractivity contribution in [1.29, 1.82) is 0 Å². The van der Waals surface area contributed by atoms with Crippen LogP contribution in [0.4, 0.5) is 0 Å². The van der Waals surface area contributed by atoms with Gasteiger partial charge >= 0.3 is 0 Å². The molecule has 0 radical (unpaired) electrons. The topological polar surface area (TPSA) is 58.8 Å². The molecule has 1 aliphatic heterocycles. The predicted octanol–water partition coefficient (Wildman–Crippen LogP) is 5.18. The first-order valence-electron chi connectivity index (χ1n) is 11.3. The second-order valence-electron chi connectivity index (χ2n) is 8.47. The average Bonchev–Trinajstić information content (AvgIpc) is 3.58. The number of hydrogen-bond donors (Lipinski definition) is 0. The summed E-state index contributed by atoms with van der Waals surface area (Å²) in [5.41, 5.74) is 2.08. The largest absolute Gasteiger partial charge is 0.486 e. The fourth-order valence-corrected chi connectivity index (χ4v) is 4.68. The molecule has 1 amide bonds. The third kappa shape index (κ3) is 5.78. The van der Waals surface area contributed by atoms with Gasteiger partial charge in [0.1, 0.15) is 17.4 Å². The summed E-state index contributed by atoms with van der Waals surface area (Å²) < 4.78 is 11.4. The normalized spacial score (nSPS) is 14.2. The average molecular weight is 454 g/mol. The van der Waals surface area contributed by atoms with Gasteiger partial charge in [-0.2, -0.15) is 0 Å². The molecule has 0 aliphatic carbocycles. The Labute approximate surface area is 193 Å². The highest BCUT2D eigenvalue weighted by Crippen LogP contribution is 2.27. The van der Waals surface area contributed by atoms with E-state index in [0.29, 0.717) is 31.4 Å². The van der Waals surface area contributed by atoms with Gasteiger partial charge in [0.05, 0.1) is 18.5 Å². The molecule has 2 aromatic heterocycles. The maximum absolute atomic E-state index is 13.0. The number of hydrogen-bond acceptors (Lipinski definition) is 6. The van der Waals surface area contributed by atoms with Crippen LogP contribution in [0, 0.1) is 0 Å². The molecule has 4 rings (SSSR count). The monoisotopic (exact) mass is 453 g/mol. The van der Waals surface area contributed by atoms with E-state index in [1.807, 2.05) is 28.5 Å². The summed E-state index contributed by atoms with van der Waals surface area (Å²) in [5, 5.41) is 2.93. The predicted molar refractivity (Wildman–Crippen MR) is 126 cm³/mol. The lowest BCUT2D eigenvalue weighted by atomic mass is 10.0. The van der Waals surface area contributed by atoms with E-state index in [0.717, 1.165) is 36.1 Å². The third-order valence-corrected chi connectivity index (χ3v) is 6.62. The van der Waals surface area contributed by atoms with Gasteiger partial charge in [-0.1, -0.05) is 32.0 Å². The molecule has 1 aliphatic rings. The summed E-state index contributed by atoms with van der Waals surface area (Å²) in [5.74, 6) is 1.58. The lowest BCUT2D eigenvalue weighted by Crippen LogP contribution is -2.37. The molecule has 0 atom stereocenters. The molecule has 3 aromatic rings. The molecule has 1 fully saturated rings. The lowest BCUT2D eigenvalue weighted by molar-refractivity contribution is 0.0693. The van der Waals surface area contributed by atoms with Crippen molar-refractivity contribution in [2.75, 3.05) is 26.2 Å². The van der Waals surface area contributed by atoms with Crippen molar-refractivity contribution >= 4 is 17.2 Å². The first-order chi connectivity index (χ1) is 15.6. The number of furan rings is 1. The highest BCUT2D eigenvalue weighted by molar-refractivity contribution is 7.09. The molecule has 32 heavy (non-hydrogen) atoms. The Morgan fingerprint density at radius 3 is 2.78 bits per heavy atom. The van der Waals surface area contributed by atoms with Gasteiger partial charge in [-0.25, -0.2) is 4.98 Å². The minimum atomic E-state index is -0.0918. The van der Waals surface area contributed by atoms with Crippen LogP contribution >= 0.6 is 11.3 Å². The van der Waals surface area contributed by atoms with Crippen LogP contribution in [0.15, 0.2) is 52.5 Å². The number of nitrogens with zero attached hydrogens (tertiary/aromatic N) is 3. The lowest BCUT2D eigenvalue weighted by Gasteiger charge is -2.24. The quantitative estimate of drug-likeness (QED) is 0.423. The Morgan fingerprint density at radius 2 is 2.03 bits per heavy atom. The van der Waals surface area contributed by atoms with E-state index in [1.165, 1.54) is 18.4 Å². The summed E-state index contributed by atoms with van der Waals surface area (Å²) in [4.78, 5) is 22.0. The molecular weight excluding hydrogens is 422 g/mol. The van der Waals surface area contributed by atoms with Crippen LogP contribution in [0.25, 0.3) is 0 Å². The molecular formula is C25H31N3O3S. The number of carbonyl (C=O) groups excluding carboxylic acids is 1. The summed E-state index contributed by atoms with van der Waals surface area (Å²) in [6.07, 6.45) is 4.02. The number of para-hydroxylation sites is 1. The summed E-state index contributed by atoms with van der Waals surface area (Å²) in [7, 11) is 0. The summed E-state index contributed by atoms with van der Waals surface area (Å²) >= 11 is 1.57. The van der Waals surface area contributed by atoms with Crippen LogP contribution in [0.3, 0.4) is 0 Å². The number of thiazole rings is 1. The first kappa shape index (κ1) is 22.6. The number of rotatable bonds is 10. The summed E-state index contributed by atoms with van der Waals surface area (Å²) in [6.45, 7) is 8.97. The van der Waals surface area contributed by atoms with Gasteiger partial charge in [-0.05, 0) is 55.6 Å². The number of ether oxygens (including phenoxy) is 1. The van der Waals surface area contributed by atoms with E-state index < -0.39 is 0 Å². The van der Waals surface area contributed by atoms with E-state index >= 15 is 0 Å². The van der Waals surface area contributed by atoms with Crippen LogP contribution in [0.5, 0.6) is 5.75 Å². The molecule has 6 nitrogen and oxygen atoms in total. The Kier molecular flexibility index (Phi) is 7.60. The van der Waals surface area contributed by atoms with Gasteiger partial charge in [-0.15, -0.1) is 11.3 Å². The van der Waals surface area contributed by atoms with Gasteiger partial charge in [0.25, 0.3) is 5.91 Å². The summed E-state index contributed by atoms with van der Waals surface area (Å²) in [6, 6.07) is 11.6. The number of amides is 1. The molecule has 0 unspecified atom stereocenters. The molecule has 0 N–H and O–H groups in total. The van der Waals surface area contributed by atoms with E-state index in [2.05, 4.69) is 24.8 Å². The highest BCUT2D eigenvalue weighted by atomic mass is 32.1. The number of benzene rings is 1. The van der Waals surface area contributed by atoms with Crippen LogP contribution in [0.1, 0.15) is 59.4 Å². The van der Waals surface area contributed by atoms with Gasteiger partial charge in [0.15, 0.2) is 5.76 Å². The third-order valence-electron chi connectivity index (χ3n) is 5.75. The maximum Gasteiger partial charge on any atom is 0.289 e. The zero-order chi connectivity index (χ0) is 22.3. The van der Waals surface area contributed by atoms with Crippen LogP contribution < -0.4 is 4.74 Å². The minimum Gasteiger partial charge on any atom is -0.486 e. The van der Waals surface area contributed by atoms with Gasteiger partial charge in [-0.3, -0.25) is 4.79 Å². The molecule has 1 saturated heterocycles. The van der Waals surface area contributed by atoms with Crippen molar-refractivity contribution in [3.63, 3.8) is 0 Å². The number of carbonyl (C=O) groups is 1. The smallest absolute Gasteiger partial charge is 0.289 e. The van der Waals surface area contributed by atoms with Crippen molar-refractivity contribution < 1.29 is 13.9 Å². The van der Waals surface area contributed by atoms with Crippen molar-refractivity contribution in [3.05, 3.63) is 70.1 Å².